The molecule has 0 aliphatic carbocycles. The molecule has 30 heavy (non-hydrogen) atoms. The topological polar surface area (TPSA) is 92.1 Å². The van der Waals surface area contributed by atoms with Gasteiger partial charge in [0.1, 0.15) is 17.3 Å². The second-order valence-corrected chi connectivity index (χ2v) is 7.57. The summed E-state index contributed by atoms with van der Waals surface area (Å²) in [6, 6.07) is 3.62. The Labute approximate surface area is 172 Å². The fourth-order valence-electron chi connectivity index (χ4n) is 3.97. The zero-order valence-electron chi connectivity index (χ0n) is 16.4. The van der Waals surface area contributed by atoms with Crippen LogP contribution in [0, 0.1) is 11.6 Å². The second-order valence-electron chi connectivity index (χ2n) is 7.57. The molecular formula is C22H22F2N4O2. The third kappa shape index (κ3) is 3.82. The van der Waals surface area contributed by atoms with Gasteiger partial charge in [-0.1, -0.05) is 0 Å². The lowest BCUT2D eigenvalue weighted by atomic mass is 9.99. The molecule has 0 bridgehead atoms. The van der Waals surface area contributed by atoms with E-state index >= 15 is 0 Å². The van der Waals surface area contributed by atoms with Crippen LogP contribution in [0.2, 0.25) is 0 Å². The summed E-state index contributed by atoms with van der Waals surface area (Å²) in [7, 11) is 0. The summed E-state index contributed by atoms with van der Waals surface area (Å²) < 4.78 is 28.9. The van der Waals surface area contributed by atoms with E-state index in [4.69, 9.17) is 5.73 Å². The molecule has 0 saturated carbocycles. The molecule has 0 unspecified atom stereocenters. The standard InChI is InChI=1S/C22H22F2N4O2/c23-17-6-5-14(21(25)30)19(24)18(17)20(29)16-12-27-22-15(16)10-13(11-26-22)4-3-9-28-7-1-2-8-28/h5-6,10-12H,1-4,7-9H2,(H2,25,30)(H,26,27). The number of nitrogens with zero attached hydrogens (tertiary/aromatic N) is 2. The Balaban J connectivity index is 1.62. The Morgan fingerprint density at radius 3 is 2.67 bits per heavy atom. The second kappa shape index (κ2) is 8.31. The number of benzene rings is 1. The molecule has 0 radical (unpaired) electrons. The first-order valence-electron chi connectivity index (χ1n) is 9.96. The number of rotatable bonds is 7. The van der Waals surface area contributed by atoms with Gasteiger partial charge in [-0.05, 0) is 69.1 Å². The molecule has 1 aliphatic heterocycles. The fourth-order valence-corrected chi connectivity index (χ4v) is 3.97. The highest BCUT2D eigenvalue weighted by Gasteiger charge is 2.25. The third-order valence-electron chi connectivity index (χ3n) is 5.55. The number of hydrogen-bond donors (Lipinski definition) is 2. The number of aryl methyl sites for hydroxylation is 1. The quantitative estimate of drug-likeness (QED) is 0.583. The smallest absolute Gasteiger partial charge is 0.251 e. The van der Waals surface area contributed by atoms with Crippen molar-refractivity contribution >= 4 is 22.7 Å². The maximum atomic E-state index is 14.6. The van der Waals surface area contributed by atoms with E-state index in [-0.39, 0.29) is 5.56 Å². The summed E-state index contributed by atoms with van der Waals surface area (Å²) >= 11 is 0. The van der Waals surface area contributed by atoms with Crippen molar-refractivity contribution in [1.82, 2.24) is 14.9 Å². The molecular weight excluding hydrogens is 390 g/mol. The van der Waals surface area contributed by atoms with Crippen molar-refractivity contribution in [3.63, 3.8) is 0 Å². The lowest BCUT2D eigenvalue weighted by molar-refractivity contribution is 0.0996. The van der Waals surface area contributed by atoms with Crippen LogP contribution in [0.4, 0.5) is 8.78 Å². The first-order chi connectivity index (χ1) is 14.5. The van der Waals surface area contributed by atoms with Gasteiger partial charge < -0.3 is 15.6 Å². The number of fused-ring (bicyclic) bond motifs is 1. The van der Waals surface area contributed by atoms with Crippen molar-refractivity contribution in [2.45, 2.75) is 25.7 Å². The number of carbonyl (C=O) groups is 2. The maximum absolute atomic E-state index is 14.6. The average Bonchev–Trinajstić information content (AvgIpc) is 3.37. The molecule has 6 nitrogen and oxygen atoms in total. The van der Waals surface area contributed by atoms with Gasteiger partial charge in [0.2, 0.25) is 5.78 Å². The number of aromatic nitrogens is 2. The minimum Gasteiger partial charge on any atom is -0.366 e. The molecule has 1 aliphatic rings. The minimum absolute atomic E-state index is 0.0957. The highest BCUT2D eigenvalue weighted by atomic mass is 19.1. The molecule has 1 aromatic carbocycles. The van der Waals surface area contributed by atoms with Gasteiger partial charge in [-0.15, -0.1) is 0 Å². The van der Waals surface area contributed by atoms with Gasteiger partial charge >= 0.3 is 0 Å². The number of H-pyrrole nitrogens is 1. The zero-order chi connectivity index (χ0) is 21.3. The summed E-state index contributed by atoms with van der Waals surface area (Å²) in [6.07, 6.45) is 7.36. The molecule has 0 atom stereocenters. The zero-order valence-corrected chi connectivity index (χ0v) is 16.4. The Morgan fingerprint density at radius 2 is 1.93 bits per heavy atom. The monoisotopic (exact) mass is 412 g/mol. The van der Waals surface area contributed by atoms with E-state index in [0.29, 0.717) is 11.0 Å². The van der Waals surface area contributed by atoms with E-state index in [9.17, 15) is 18.4 Å². The number of nitrogens with one attached hydrogen (secondary N) is 1. The van der Waals surface area contributed by atoms with Crippen molar-refractivity contribution < 1.29 is 18.4 Å². The molecule has 156 valence electrons. The molecule has 1 amide bonds. The summed E-state index contributed by atoms with van der Waals surface area (Å²) in [5.74, 6) is -4.24. The SMILES string of the molecule is NC(=O)c1ccc(F)c(C(=O)c2c[nH]c3ncc(CCCN4CCCC4)cc23)c1F. The van der Waals surface area contributed by atoms with Gasteiger partial charge in [-0.2, -0.15) is 0 Å². The van der Waals surface area contributed by atoms with Gasteiger partial charge in [0.05, 0.1) is 11.1 Å². The number of aromatic amines is 1. The van der Waals surface area contributed by atoms with Crippen molar-refractivity contribution in [1.29, 1.82) is 0 Å². The third-order valence-corrected chi connectivity index (χ3v) is 5.55. The number of amides is 1. The van der Waals surface area contributed by atoms with Crippen molar-refractivity contribution in [3.8, 4) is 0 Å². The molecule has 3 aromatic rings. The van der Waals surface area contributed by atoms with Crippen LogP contribution in [0.25, 0.3) is 11.0 Å². The lowest BCUT2D eigenvalue weighted by Gasteiger charge is -2.13. The number of carbonyl (C=O) groups excluding carboxylic acids is 2. The van der Waals surface area contributed by atoms with Crippen LogP contribution in [0.15, 0.2) is 30.6 Å². The first-order valence-corrected chi connectivity index (χ1v) is 9.96. The van der Waals surface area contributed by atoms with Gasteiger partial charge in [0, 0.05) is 23.3 Å². The maximum Gasteiger partial charge on any atom is 0.251 e. The molecule has 1 saturated heterocycles. The predicted octanol–water partition coefficient (Wildman–Crippen LogP) is 3.20. The highest BCUT2D eigenvalue weighted by molar-refractivity contribution is 6.16. The number of primary amides is 1. The van der Waals surface area contributed by atoms with Crippen LogP contribution in [0.5, 0.6) is 0 Å². The van der Waals surface area contributed by atoms with Gasteiger partial charge in [0.25, 0.3) is 5.91 Å². The fraction of sp³-hybridized carbons (Fsp3) is 0.318. The van der Waals surface area contributed by atoms with Crippen LogP contribution < -0.4 is 5.73 Å². The van der Waals surface area contributed by atoms with Crippen molar-refractivity contribution in [2.75, 3.05) is 19.6 Å². The Bertz CT molecular complexity index is 1120. The van der Waals surface area contributed by atoms with Gasteiger partial charge in [0.15, 0.2) is 0 Å². The van der Waals surface area contributed by atoms with E-state index in [1.54, 1.807) is 6.20 Å². The Morgan fingerprint density at radius 1 is 1.17 bits per heavy atom. The largest absolute Gasteiger partial charge is 0.366 e. The molecule has 3 heterocycles. The van der Waals surface area contributed by atoms with Crippen LogP contribution in [-0.2, 0) is 6.42 Å². The number of ketones is 1. The minimum atomic E-state index is -1.25. The number of pyridine rings is 1. The van der Waals surface area contributed by atoms with Gasteiger partial charge in [-0.25, -0.2) is 13.8 Å². The first kappa shape index (κ1) is 20.2. The van der Waals surface area contributed by atoms with E-state index < -0.39 is 34.5 Å². The van der Waals surface area contributed by atoms with E-state index in [1.807, 2.05) is 6.07 Å². The number of nitrogens with two attached hydrogens (primary N) is 1. The molecule has 1 fully saturated rings. The molecule has 2 aromatic heterocycles. The number of hydrogen-bond acceptors (Lipinski definition) is 4. The van der Waals surface area contributed by atoms with E-state index in [1.165, 1.54) is 19.0 Å². The molecule has 4 rings (SSSR count). The van der Waals surface area contributed by atoms with Crippen LogP contribution >= 0.6 is 0 Å². The van der Waals surface area contributed by atoms with E-state index in [2.05, 4.69) is 14.9 Å². The number of halogens is 2. The van der Waals surface area contributed by atoms with Crippen LogP contribution in [0.3, 0.4) is 0 Å². The molecule has 8 heteroatoms. The Kier molecular flexibility index (Phi) is 5.59. The van der Waals surface area contributed by atoms with Crippen molar-refractivity contribution in [2.24, 2.45) is 5.73 Å². The normalized spacial score (nSPS) is 14.5. The summed E-state index contributed by atoms with van der Waals surface area (Å²) in [6.45, 7) is 3.28. The van der Waals surface area contributed by atoms with Crippen LogP contribution in [-0.4, -0.2) is 46.2 Å². The van der Waals surface area contributed by atoms with Crippen LogP contribution in [0.1, 0.15) is 51.1 Å². The highest BCUT2D eigenvalue weighted by Crippen LogP contribution is 2.25. The number of likely N-dealkylation sites (tertiary alicyclic amines) is 1. The Hall–Kier alpha value is -3.13. The predicted molar refractivity (Wildman–Crippen MR) is 108 cm³/mol. The summed E-state index contributed by atoms with van der Waals surface area (Å²) in [4.78, 5) is 34.0. The summed E-state index contributed by atoms with van der Waals surface area (Å²) in [5, 5.41) is 0.488. The van der Waals surface area contributed by atoms with E-state index in [0.717, 1.165) is 50.2 Å². The lowest BCUT2D eigenvalue weighted by Crippen LogP contribution is -2.20. The molecule has 3 N–H and O–H groups in total. The molecule has 0 spiro atoms. The average molecular weight is 412 g/mol. The summed E-state index contributed by atoms with van der Waals surface area (Å²) in [5.41, 5.74) is 5.29. The van der Waals surface area contributed by atoms with Crippen molar-refractivity contribution in [3.05, 3.63) is 64.5 Å². The van der Waals surface area contributed by atoms with Gasteiger partial charge in [-0.3, -0.25) is 9.59 Å².